The van der Waals surface area contributed by atoms with Crippen LogP contribution < -0.4 is 0 Å². The Bertz CT molecular complexity index is 420. The summed E-state index contributed by atoms with van der Waals surface area (Å²) < 4.78 is 0. The lowest BCUT2D eigenvalue weighted by atomic mass is 9.99. The first-order valence-corrected chi connectivity index (χ1v) is 6.41. The van der Waals surface area contributed by atoms with Gasteiger partial charge in [0, 0.05) is 19.7 Å². The quantitative estimate of drug-likeness (QED) is 0.817. The van der Waals surface area contributed by atoms with Gasteiger partial charge in [0.2, 0.25) is 5.91 Å². The molecule has 19 heavy (non-hydrogen) atoms. The lowest BCUT2D eigenvalue weighted by molar-refractivity contribution is -0.146. The molecule has 0 radical (unpaired) electrons. The minimum absolute atomic E-state index is 0.0481. The average Bonchev–Trinajstić information content (AvgIpc) is 2.39. The summed E-state index contributed by atoms with van der Waals surface area (Å²) in [5.74, 6) is -1.66. The van der Waals surface area contributed by atoms with Crippen molar-refractivity contribution in [2.24, 2.45) is 5.92 Å². The van der Waals surface area contributed by atoms with Crippen LogP contribution in [0.3, 0.4) is 0 Å². The molecule has 0 aromatic carbocycles. The molecule has 0 aliphatic heterocycles. The van der Waals surface area contributed by atoms with Crippen LogP contribution in [-0.2, 0) is 16.1 Å². The molecule has 1 aromatic rings. The summed E-state index contributed by atoms with van der Waals surface area (Å²) in [5.41, 5.74) is 0.792. The molecule has 0 spiro atoms. The van der Waals surface area contributed by atoms with Crippen molar-refractivity contribution in [3.05, 3.63) is 30.1 Å². The van der Waals surface area contributed by atoms with Gasteiger partial charge in [-0.15, -0.1) is 0 Å². The van der Waals surface area contributed by atoms with Crippen molar-refractivity contribution >= 4 is 11.9 Å². The zero-order valence-electron chi connectivity index (χ0n) is 11.4. The molecule has 0 unspecified atom stereocenters. The topological polar surface area (TPSA) is 70.5 Å². The predicted octanol–water partition coefficient (Wildman–Crippen LogP) is 1.93. The lowest BCUT2D eigenvalue weighted by Gasteiger charge is -2.19. The summed E-state index contributed by atoms with van der Waals surface area (Å²) in [6.07, 6.45) is 3.00. The molecule has 0 saturated heterocycles. The summed E-state index contributed by atoms with van der Waals surface area (Å²) in [4.78, 5) is 28.7. The summed E-state index contributed by atoms with van der Waals surface area (Å²) in [7, 11) is 1.67. The van der Waals surface area contributed by atoms with Crippen LogP contribution in [0, 0.1) is 5.92 Å². The Morgan fingerprint density at radius 3 is 2.68 bits per heavy atom. The maximum Gasteiger partial charge on any atom is 0.307 e. The number of amides is 1. The van der Waals surface area contributed by atoms with Gasteiger partial charge in [-0.25, -0.2) is 0 Å². The van der Waals surface area contributed by atoms with Crippen LogP contribution in [0.1, 0.15) is 31.9 Å². The highest BCUT2D eigenvalue weighted by Crippen LogP contribution is 2.13. The smallest absolute Gasteiger partial charge is 0.307 e. The molecule has 5 nitrogen and oxygen atoms in total. The molecule has 5 heteroatoms. The second kappa shape index (κ2) is 7.51. The molecule has 1 amide bonds. The largest absolute Gasteiger partial charge is 0.481 e. The number of carboxylic acid groups (broad SMARTS) is 1. The van der Waals surface area contributed by atoms with Crippen molar-refractivity contribution in [3.63, 3.8) is 0 Å². The molecule has 0 aliphatic carbocycles. The van der Waals surface area contributed by atoms with E-state index in [1.807, 2.05) is 25.1 Å². The van der Waals surface area contributed by atoms with Gasteiger partial charge in [0.1, 0.15) is 0 Å². The van der Waals surface area contributed by atoms with E-state index in [9.17, 15) is 9.59 Å². The molecule has 1 N–H and O–H groups in total. The van der Waals surface area contributed by atoms with Crippen LogP contribution >= 0.6 is 0 Å². The van der Waals surface area contributed by atoms with E-state index in [1.54, 1.807) is 13.2 Å². The van der Waals surface area contributed by atoms with Crippen LogP contribution in [0.4, 0.5) is 0 Å². The van der Waals surface area contributed by atoms with Gasteiger partial charge in [-0.1, -0.05) is 19.4 Å². The summed E-state index contributed by atoms with van der Waals surface area (Å²) in [6, 6.07) is 5.51. The molecule has 104 valence electrons. The first-order valence-electron chi connectivity index (χ1n) is 6.41. The Morgan fingerprint density at radius 1 is 1.42 bits per heavy atom. The SMILES string of the molecule is CCC[C@@H](CC(=O)N(C)Cc1ccccn1)C(=O)O. The minimum atomic E-state index is -0.901. The van der Waals surface area contributed by atoms with E-state index in [0.29, 0.717) is 13.0 Å². The van der Waals surface area contributed by atoms with Gasteiger partial charge in [-0.2, -0.15) is 0 Å². The molecular weight excluding hydrogens is 244 g/mol. The Labute approximate surface area is 113 Å². The van der Waals surface area contributed by atoms with Gasteiger partial charge in [-0.3, -0.25) is 14.6 Å². The van der Waals surface area contributed by atoms with Gasteiger partial charge < -0.3 is 10.0 Å². The first kappa shape index (κ1) is 15.1. The molecule has 1 heterocycles. The number of carbonyl (C=O) groups is 2. The minimum Gasteiger partial charge on any atom is -0.481 e. The van der Waals surface area contributed by atoms with Crippen molar-refractivity contribution in [2.75, 3.05) is 7.05 Å². The van der Waals surface area contributed by atoms with Crippen LogP contribution in [-0.4, -0.2) is 33.9 Å². The van der Waals surface area contributed by atoms with E-state index in [0.717, 1.165) is 12.1 Å². The Kier molecular flexibility index (Phi) is 5.99. The third kappa shape index (κ3) is 5.07. The van der Waals surface area contributed by atoms with Gasteiger partial charge in [0.05, 0.1) is 18.2 Å². The second-order valence-corrected chi connectivity index (χ2v) is 4.60. The Balaban J connectivity index is 2.54. The molecule has 0 bridgehead atoms. The third-order valence-corrected chi connectivity index (χ3v) is 2.96. The van der Waals surface area contributed by atoms with Crippen molar-refractivity contribution < 1.29 is 14.7 Å². The highest BCUT2D eigenvalue weighted by Gasteiger charge is 2.22. The molecule has 1 aromatic heterocycles. The van der Waals surface area contributed by atoms with Crippen LogP contribution in [0.5, 0.6) is 0 Å². The molecule has 1 rings (SSSR count). The van der Waals surface area contributed by atoms with E-state index >= 15 is 0 Å². The Morgan fingerprint density at radius 2 is 2.16 bits per heavy atom. The fourth-order valence-electron chi connectivity index (χ4n) is 1.85. The van der Waals surface area contributed by atoms with Crippen LogP contribution in [0.2, 0.25) is 0 Å². The van der Waals surface area contributed by atoms with Gasteiger partial charge in [-0.05, 0) is 18.6 Å². The van der Waals surface area contributed by atoms with E-state index in [2.05, 4.69) is 4.98 Å². The number of rotatable bonds is 7. The van der Waals surface area contributed by atoms with E-state index in [1.165, 1.54) is 4.90 Å². The molecular formula is C14H20N2O3. The highest BCUT2D eigenvalue weighted by molar-refractivity contribution is 5.82. The lowest BCUT2D eigenvalue weighted by Crippen LogP contribution is -2.30. The Hall–Kier alpha value is -1.91. The predicted molar refractivity (Wildman–Crippen MR) is 71.4 cm³/mol. The fraction of sp³-hybridized carbons (Fsp3) is 0.500. The zero-order chi connectivity index (χ0) is 14.3. The number of aromatic nitrogens is 1. The number of nitrogens with zero attached hydrogens (tertiary/aromatic N) is 2. The van der Waals surface area contributed by atoms with E-state index < -0.39 is 11.9 Å². The molecule has 0 saturated carbocycles. The van der Waals surface area contributed by atoms with Crippen molar-refractivity contribution in [2.45, 2.75) is 32.7 Å². The van der Waals surface area contributed by atoms with Gasteiger partial charge in [0.25, 0.3) is 0 Å². The summed E-state index contributed by atoms with van der Waals surface area (Å²) >= 11 is 0. The third-order valence-electron chi connectivity index (χ3n) is 2.96. The number of carboxylic acids is 1. The van der Waals surface area contributed by atoms with E-state index in [-0.39, 0.29) is 12.3 Å². The first-order chi connectivity index (χ1) is 9.04. The van der Waals surface area contributed by atoms with Gasteiger partial charge >= 0.3 is 5.97 Å². The zero-order valence-corrected chi connectivity index (χ0v) is 11.4. The van der Waals surface area contributed by atoms with Crippen molar-refractivity contribution in [1.82, 2.24) is 9.88 Å². The number of hydrogen-bond donors (Lipinski definition) is 1. The summed E-state index contributed by atoms with van der Waals surface area (Å²) in [6.45, 7) is 2.32. The van der Waals surface area contributed by atoms with Gasteiger partial charge in [0.15, 0.2) is 0 Å². The molecule has 0 fully saturated rings. The molecule has 0 aliphatic rings. The highest BCUT2D eigenvalue weighted by atomic mass is 16.4. The maximum atomic E-state index is 12.0. The van der Waals surface area contributed by atoms with Crippen LogP contribution in [0.15, 0.2) is 24.4 Å². The van der Waals surface area contributed by atoms with Crippen molar-refractivity contribution in [1.29, 1.82) is 0 Å². The number of pyridine rings is 1. The number of hydrogen-bond acceptors (Lipinski definition) is 3. The van der Waals surface area contributed by atoms with Crippen molar-refractivity contribution in [3.8, 4) is 0 Å². The monoisotopic (exact) mass is 264 g/mol. The fourth-order valence-corrected chi connectivity index (χ4v) is 1.85. The average molecular weight is 264 g/mol. The van der Waals surface area contributed by atoms with Crippen LogP contribution in [0.25, 0.3) is 0 Å². The normalized spacial score (nSPS) is 11.9. The standard InChI is InChI=1S/C14H20N2O3/c1-3-6-11(14(18)19)9-13(17)16(2)10-12-7-4-5-8-15-12/h4-5,7-8,11H,3,6,9-10H2,1-2H3,(H,18,19)/t11-/m0/s1. The number of aliphatic carboxylic acids is 1. The number of carbonyl (C=O) groups excluding carboxylic acids is 1. The maximum absolute atomic E-state index is 12.0. The molecule has 1 atom stereocenters. The second-order valence-electron chi connectivity index (χ2n) is 4.60. The summed E-state index contributed by atoms with van der Waals surface area (Å²) in [5, 5.41) is 9.04. The van der Waals surface area contributed by atoms with E-state index in [4.69, 9.17) is 5.11 Å².